The van der Waals surface area contributed by atoms with Gasteiger partial charge in [0, 0.05) is 55.7 Å². The van der Waals surface area contributed by atoms with Crippen LogP contribution < -0.4 is 10.6 Å². The van der Waals surface area contributed by atoms with E-state index in [1.807, 2.05) is 46.9 Å². The first-order valence-electron chi connectivity index (χ1n) is 15.7. The van der Waals surface area contributed by atoms with Gasteiger partial charge in [-0.1, -0.05) is 36.4 Å². The Bertz CT molecular complexity index is 1880. The summed E-state index contributed by atoms with van der Waals surface area (Å²) in [5, 5.41) is 14.5. The molecule has 0 bridgehead atoms. The van der Waals surface area contributed by atoms with E-state index in [-0.39, 0.29) is 30.3 Å². The Kier molecular flexibility index (Phi) is 8.23. The number of aryl methyl sites for hydroxylation is 1. The first-order valence-corrected chi connectivity index (χ1v) is 15.7. The molecule has 0 spiro atoms. The van der Waals surface area contributed by atoms with E-state index in [4.69, 9.17) is 0 Å². The van der Waals surface area contributed by atoms with Gasteiger partial charge < -0.3 is 20.1 Å². The Labute approximate surface area is 266 Å². The van der Waals surface area contributed by atoms with E-state index in [0.29, 0.717) is 25.3 Å². The molecule has 3 amide bonds. The first-order chi connectivity index (χ1) is 22.4. The maximum Gasteiger partial charge on any atom is 0.322 e. The Morgan fingerprint density at radius 2 is 1.93 bits per heavy atom. The summed E-state index contributed by atoms with van der Waals surface area (Å²) in [5.74, 6) is 0.328. The fourth-order valence-electron chi connectivity index (χ4n) is 6.82. The summed E-state index contributed by atoms with van der Waals surface area (Å²) in [6.07, 6.45) is 7.52. The van der Waals surface area contributed by atoms with Crippen molar-refractivity contribution in [3.05, 3.63) is 113 Å². The SMILES string of the molecule is Cc1cc(CC(NC(=O)CN2CCC(N3Cc4ccccc4NC3=O)CC2)c2nccn2Cc2cccc(F)c2)cc2cn[nH]c12. The topological polar surface area (TPSA) is 111 Å². The van der Waals surface area contributed by atoms with Gasteiger partial charge in [0.1, 0.15) is 11.6 Å². The number of carbonyl (C=O) groups is 2. The molecule has 4 heterocycles. The van der Waals surface area contributed by atoms with Crippen LogP contribution in [0.25, 0.3) is 10.9 Å². The van der Waals surface area contributed by atoms with Crippen LogP contribution in [0.15, 0.2) is 79.3 Å². The molecule has 3 aromatic carbocycles. The Hall–Kier alpha value is -5.03. The number of rotatable bonds is 9. The summed E-state index contributed by atoms with van der Waals surface area (Å²) in [6, 6.07) is 18.3. The lowest BCUT2D eigenvalue weighted by Gasteiger charge is -2.40. The number of halogens is 1. The number of hydrogen-bond donors (Lipinski definition) is 3. The molecule has 3 N–H and O–H groups in total. The summed E-state index contributed by atoms with van der Waals surface area (Å²) in [7, 11) is 0. The molecule has 5 aromatic rings. The molecule has 10 nitrogen and oxygen atoms in total. The van der Waals surface area contributed by atoms with Gasteiger partial charge in [-0.3, -0.25) is 14.8 Å². The molecular weight excluding hydrogens is 583 g/mol. The van der Waals surface area contributed by atoms with Crippen molar-refractivity contribution in [3.8, 4) is 0 Å². The largest absolute Gasteiger partial charge is 0.345 e. The number of aromatic amines is 1. The van der Waals surface area contributed by atoms with Crippen LogP contribution >= 0.6 is 0 Å². The molecule has 1 unspecified atom stereocenters. The van der Waals surface area contributed by atoms with Crippen LogP contribution in [0.2, 0.25) is 0 Å². The van der Waals surface area contributed by atoms with Crippen molar-refractivity contribution in [2.45, 2.75) is 51.4 Å². The number of para-hydroxylation sites is 1. The lowest BCUT2D eigenvalue weighted by Crippen LogP contribution is -2.51. The monoisotopic (exact) mass is 620 g/mol. The van der Waals surface area contributed by atoms with Gasteiger partial charge in [-0.15, -0.1) is 0 Å². The zero-order chi connectivity index (χ0) is 31.6. The predicted octanol–water partition coefficient (Wildman–Crippen LogP) is 5.17. The molecule has 1 atom stereocenters. The molecule has 0 saturated carbocycles. The maximum absolute atomic E-state index is 14.0. The lowest BCUT2D eigenvalue weighted by molar-refractivity contribution is -0.123. The minimum absolute atomic E-state index is 0.0599. The average molecular weight is 621 g/mol. The quantitative estimate of drug-likeness (QED) is 0.211. The Morgan fingerprint density at radius 1 is 1.09 bits per heavy atom. The molecule has 2 aliphatic rings. The van der Waals surface area contributed by atoms with Crippen LogP contribution in [-0.4, -0.2) is 67.2 Å². The van der Waals surface area contributed by atoms with E-state index in [1.165, 1.54) is 12.1 Å². The fourth-order valence-corrected chi connectivity index (χ4v) is 6.82. The minimum atomic E-state index is -0.408. The van der Waals surface area contributed by atoms with E-state index in [1.54, 1.807) is 18.5 Å². The van der Waals surface area contributed by atoms with Crippen molar-refractivity contribution < 1.29 is 14.0 Å². The number of aromatic nitrogens is 4. The summed E-state index contributed by atoms with van der Waals surface area (Å²) in [4.78, 5) is 35.2. The zero-order valence-corrected chi connectivity index (χ0v) is 25.7. The number of amides is 3. The number of likely N-dealkylation sites (tertiary alicyclic amines) is 1. The molecule has 1 fully saturated rings. The molecule has 0 aliphatic carbocycles. The number of urea groups is 1. The highest BCUT2D eigenvalue weighted by molar-refractivity contribution is 5.92. The number of hydrogen-bond acceptors (Lipinski definition) is 5. The predicted molar refractivity (Wildman–Crippen MR) is 174 cm³/mol. The number of H-pyrrole nitrogens is 1. The lowest BCUT2D eigenvalue weighted by atomic mass is 10.00. The van der Waals surface area contributed by atoms with Gasteiger partial charge in [-0.2, -0.15) is 5.10 Å². The van der Waals surface area contributed by atoms with E-state index in [9.17, 15) is 14.0 Å². The second-order valence-corrected chi connectivity index (χ2v) is 12.3. The van der Waals surface area contributed by atoms with Gasteiger partial charge in [0.2, 0.25) is 5.91 Å². The fraction of sp³-hybridized carbons (Fsp3) is 0.314. The summed E-state index contributed by atoms with van der Waals surface area (Å²) in [5.41, 5.74) is 5.93. The maximum atomic E-state index is 14.0. The second kappa shape index (κ2) is 12.8. The van der Waals surface area contributed by atoms with Crippen molar-refractivity contribution >= 4 is 28.5 Å². The molecule has 0 radical (unpaired) electrons. The highest BCUT2D eigenvalue weighted by Gasteiger charge is 2.32. The summed E-state index contributed by atoms with van der Waals surface area (Å²) < 4.78 is 15.9. The molecular formula is C35H37FN8O2. The smallest absolute Gasteiger partial charge is 0.322 e. The molecule has 1 saturated heterocycles. The van der Waals surface area contributed by atoms with E-state index in [0.717, 1.165) is 64.8 Å². The van der Waals surface area contributed by atoms with Crippen LogP contribution in [0.3, 0.4) is 0 Å². The van der Waals surface area contributed by atoms with Crippen LogP contribution in [0, 0.1) is 12.7 Å². The van der Waals surface area contributed by atoms with E-state index < -0.39 is 6.04 Å². The van der Waals surface area contributed by atoms with Crippen molar-refractivity contribution in [3.63, 3.8) is 0 Å². The van der Waals surface area contributed by atoms with Crippen molar-refractivity contribution in [1.82, 2.24) is 34.9 Å². The van der Waals surface area contributed by atoms with Crippen LogP contribution in [0.5, 0.6) is 0 Å². The van der Waals surface area contributed by atoms with Gasteiger partial charge in [-0.05, 0) is 72.7 Å². The van der Waals surface area contributed by atoms with Gasteiger partial charge >= 0.3 is 6.03 Å². The van der Waals surface area contributed by atoms with Gasteiger partial charge in [0.25, 0.3) is 0 Å². The molecule has 2 aromatic heterocycles. The normalized spacial score (nSPS) is 16.3. The third-order valence-electron chi connectivity index (χ3n) is 9.11. The summed E-state index contributed by atoms with van der Waals surface area (Å²) >= 11 is 0. The molecule has 236 valence electrons. The number of nitrogens with one attached hydrogen (secondary N) is 3. The van der Waals surface area contributed by atoms with Crippen molar-refractivity contribution in [2.75, 3.05) is 25.0 Å². The average Bonchev–Trinajstić information content (AvgIpc) is 3.71. The number of piperidine rings is 1. The third-order valence-corrected chi connectivity index (χ3v) is 9.11. The molecule has 11 heteroatoms. The van der Waals surface area contributed by atoms with E-state index >= 15 is 0 Å². The van der Waals surface area contributed by atoms with Gasteiger partial charge in [-0.25, -0.2) is 14.2 Å². The minimum Gasteiger partial charge on any atom is -0.345 e. The second-order valence-electron chi connectivity index (χ2n) is 12.3. The third kappa shape index (κ3) is 6.36. The number of nitrogens with zero attached hydrogens (tertiary/aromatic N) is 5. The standard InChI is InChI=1S/C35H37FN8O2/c1-23-15-25(16-27-19-38-41-33(23)27)18-31(34-37-11-14-43(34)20-24-5-4-7-28(36)17-24)39-32(45)22-42-12-9-29(10-13-42)44-21-26-6-2-3-8-30(26)40-35(44)46/h2-8,11,14-17,19,29,31H,9-10,12-13,18,20-22H2,1H3,(H,38,41)(H,39,45)(H,40,46). The number of fused-ring (bicyclic) bond motifs is 2. The van der Waals surface area contributed by atoms with Gasteiger partial charge in [0.15, 0.2) is 0 Å². The van der Waals surface area contributed by atoms with Crippen LogP contribution in [0.1, 0.15) is 47.0 Å². The molecule has 46 heavy (non-hydrogen) atoms. The number of carbonyl (C=O) groups excluding carboxylic acids is 2. The highest BCUT2D eigenvalue weighted by Crippen LogP contribution is 2.28. The highest BCUT2D eigenvalue weighted by atomic mass is 19.1. The van der Waals surface area contributed by atoms with Crippen LogP contribution in [0.4, 0.5) is 14.9 Å². The first kappa shape index (κ1) is 29.7. The van der Waals surface area contributed by atoms with Crippen molar-refractivity contribution in [2.24, 2.45) is 0 Å². The molecule has 2 aliphatic heterocycles. The number of imidazole rings is 1. The zero-order valence-electron chi connectivity index (χ0n) is 25.7. The summed E-state index contributed by atoms with van der Waals surface area (Å²) in [6.45, 7) is 4.76. The van der Waals surface area contributed by atoms with Crippen molar-refractivity contribution in [1.29, 1.82) is 0 Å². The Morgan fingerprint density at radius 3 is 2.78 bits per heavy atom. The van der Waals surface area contributed by atoms with Gasteiger partial charge in [0.05, 0.1) is 24.3 Å². The number of benzene rings is 3. The Balaban J connectivity index is 1.04. The number of anilines is 1. The van der Waals surface area contributed by atoms with Crippen LogP contribution in [-0.2, 0) is 24.3 Å². The van der Waals surface area contributed by atoms with E-state index in [2.05, 4.69) is 48.9 Å². The molecule has 7 rings (SSSR count).